The van der Waals surface area contributed by atoms with E-state index in [-0.39, 0.29) is 19.3 Å². The van der Waals surface area contributed by atoms with Crippen molar-refractivity contribution in [3.05, 3.63) is 42.5 Å². The molecule has 1 atom stereocenters. The zero-order valence-electron chi connectivity index (χ0n) is 14.9. The molecule has 1 aliphatic heterocycles. The molecule has 1 aromatic carbocycles. The van der Waals surface area contributed by atoms with Crippen LogP contribution in [0.15, 0.2) is 36.9 Å². The van der Waals surface area contributed by atoms with E-state index in [0.29, 0.717) is 0 Å². The summed E-state index contributed by atoms with van der Waals surface area (Å²) in [6.45, 7) is 3.86. The molecular weight excluding hydrogens is 336 g/mol. The largest absolute Gasteiger partial charge is 0.335 e. The predicted octanol–water partition coefficient (Wildman–Crippen LogP) is 1.03. The van der Waals surface area contributed by atoms with Crippen LogP contribution in [0.3, 0.4) is 0 Å². The third kappa shape index (κ3) is 3.08. The third-order valence-electron chi connectivity index (χ3n) is 4.54. The summed E-state index contributed by atoms with van der Waals surface area (Å²) in [7, 11) is 1.80. The lowest BCUT2D eigenvalue weighted by Gasteiger charge is -2.28. The fourth-order valence-electron chi connectivity index (χ4n) is 2.80. The minimum Gasteiger partial charge on any atom is -0.282 e. The van der Waals surface area contributed by atoms with Crippen LogP contribution in [0.5, 0.6) is 0 Å². The van der Waals surface area contributed by atoms with Crippen LogP contribution in [0.2, 0.25) is 0 Å². The second-order valence-corrected chi connectivity index (χ2v) is 6.07. The van der Waals surface area contributed by atoms with Crippen LogP contribution in [0, 0.1) is 0 Å². The molecule has 0 saturated carbocycles. The molecule has 4 amide bonds. The first-order valence-corrected chi connectivity index (χ1v) is 8.26. The number of aromatic nitrogens is 3. The van der Waals surface area contributed by atoms with Gasteiger partial charge in [0.2, 0.25) is 0 Å². The van der Waals surface area contributed by atoms with Gasteiger partial charge in [0, 0.05) is 12.6 Å². The molecule has 1 saturated heterocycles. The molecule has 2 heterocycles. The molecule has 0 aliphatic carbocycles. The maximum atomic E-state index is 12.2. The highest BCUT2D eigenvalue weighted by atomic mass is 16.2. The Morgan fingerprint density at radius 3 is 2.27 bits per heavy atom. The van der Waals surface area contributed by atoms with Gasteiger partial charge in [-0.15, -0.1) is 0 Å². The number of nitrogens with zero attached hydrogens (tertiary/aromatic N) is 6. The number of hydrogen-bond donors (Lipinski definition) is 0. The molecule has 0 N–H and O–H groups in total. The molecule has 1 aromatic heterocycles. The quantitative estimate of drug-likeness (QED) is 0.567. The van der Waals surface area contributed by atoms with E-state index in [2.05, 4.69) is 10.1 Å². The highest BCUT2D eigenvalue weighted by Gasteiger charge is 2.44. The number of rotatable bonds is 6. The average molecular weight is 356 g/mol. The number of carbonyl (C=O) groups excluding carboxylic acids is 3. The lowest BCUT2D eigenvalue weighted by molar-refractivity contribution is -0.143. The number of urea groups is 1. The van der Waals surface area contributed by atoms with Gasteiger partial charge in [-0.1, -0.05) is 12.1 Å². The zero-order chi connectivity index (χ0) is 18.8. The van der Waals surface area contributed by atoms with Crippen LogP contribution in [0.4, 0.5) is 4.79 Å². The monoisotopic (exact) mass is 356 g/mol. The minimum absolute atomic E-state index is 0.0475. The second kappa shape index (κ2) is 7.04. The van der Waals surface area contributed by atoms with E-state index >= 15 is 0 Å². The Morgan fingerprint density at radius 2 is 1.73 bits per heavy atom. The lowest BCUT2D eigenvalue weighted by Crippen LogP contribution is -2.41. The van der Waals surface area contributed by atoms with E-state index in [1.807, 2.05) is 36.1 Å². The summed E-state index contributed by atoms with van der Waals surface area (Å²) >= 11 is 0. The second-order valence-electron chi connectivity index (χ2n) is 6.07. The number of amides is 4. The SMILES string of the molecule is CCN1C(=O)C(=O)N(CN(C)[C@H](C)c2ccc(-n3cncn3)cc2)C1=O. The van der Waals surface area contributed by atoms with Gasteiger partial charge in [-0.2, -0.15) is 5.10 Å². The van der Waals surface area contributed by atoms with Crippen molar-refractivity contribution in [3.8, 4) is 5.69 Å². The Kier molecular flexibility index (Phi) is 4.81. The average Bonchev–Trinajstić information content (AvgIpc) is 3.25. The van der Waals surface area contributed by atoms with E-state index in [1.54, 1.807) is 25.0 Å². The minimum atomic E-state index is -0.780. The molecule has 3 rings (SSSR count). The fraction of sp³-hybridized carbons (Fsp3) is 0.353. The standard InChI is InChI=1S/C17H20N6O3/c1-4-21-15(24)16(25)22(17(21)26)11-20(3)12(2)13-5-7-14(8-6-13)23-10-18-9-19-23/h5-10,12H,4,11H2,1-3H3/t12-/m1/s1. The summed E-state index contributed by atoms with van der Waals surface area (Å²) in [6, 6.07) is 7.12. The van der Waals surface area contributed by atoms with Crippen molar-refractivity contribution in [1.82, 2.24) is 29.5 Å². The van der Waals surface area contributed by atoms with Crippen LogP contribution >= 0.6 is 0 Å². The molecule has 0 bridgehead atoms. The van der Waals surface area contributed by atoms with E-state index in [1.165, 1.54) is 6.33 Å². The van der Waals surface area contributed by atoms with Crippen molar-refractivity contribution in [1.29, 1.82) is 0 Å². The van der Waals surface area contributed by atoms with Crippen LogP contribution < -0.4 is 0 Å². The number of hydrogen-bond acceptors (Lipinski definition) is 6. The van der Waals surface area contributed by atoms with Gasteiger partial charge in [0.05, 0.1) is 12.4 Å². The normalized spacial score (nSPS) is 16.1. The molecule has 1 aliphatic rings. The van der Waals surface area contributed by atoms with Crippen LogP contribution in [0.1, 0.15) is 25.5 Å². The third-order valence-corrected chi connectivity index (χ3v) is 4.54. The summed E-state index contributed by atoms with van der Waals surface area (Å²) < 4.78 is 1.66. The summed E-state index contributed by atoms with van der Waals surface area (Å²) in [5, 5.41) is 4.08. The van der Waals surface area contributed by atoms with Gasteiger partial charge in [-0.25, -0.2) is 19.4 Å². The van der Waals surface area contributed by atoms with E-state index in [4.69, 9.17) is 0 Å². The van der Waals surface area contributed by atoms with Crippen molar-refractivity contribution in [2.24, 2.45) is 0 Å². The van der Waals surface area contributed by atoms with E-state index < -0.39 is 17.8 Å². The molecule has 9 heteroatoms. The molecule has 136 valence electrons. The van der Waals surface area contributed by atoms with E-state index in [0.717, 1.165) is 21.1 Å². The molecule has 0 spiro atoms. The predicted molar refractivity (Wildman–Crippen MR) is 92.0 cm³/mol. The number of benzene rings is 1. The van der Waals surface area contributed by atoms with Crippen LogP contribution in [-0.4, -0.2) is 67.6 Å². The molecule has 2 aromatic rings. The Bertz CT molecular complexity index is 818. The number of carbonyl (C=O) groups is 3. The first-order valence-electron chi connectivity index (χ1n) is 8.26. The van der Waals surface area contributed by atoms with Gasteiger partial charge in [0.25, 0.3) is 0 Å². The van der Waals surface area contributed by atoms with Gasteiger partial charge < -0.3 is 0 Å². The van der Waals surface area contributed by atoms with Gasteiger partial charge in [-0.3, -0.25) is 19.4 Å². The maximum Gasteiger partial charge on any atom is 0.335 e. The van der Waals surface area contributed by atoms with Gasteiger partial charge in [-0.05, 0) is 38.6 Å². The van der Waals surface area contributed by atoms with Crippen LogP contribution in [0.25, 0.3) is 5.69 Å². The van der Waals surface area contributed by atoms with Crippen molar-refractivity contribution in [2.75, 3.05) is 20.3 Å². The maximum absolute atomic E-state index is 12.2. The van der Waals surface area contributed by atoms with Gasteiger partial charge >= 0.3 is 17.8 Å². The summed E-state index contributed by atoms with van der Waals surface area (Å²) in [6.07, 6.45) is 3.08. The topological polar surface area (TPSA) is 91.6 Å². The van der Waals surface area contributed by atoms with Crippen molar-refractivity contribution >= 4 is 17.8 Å². The number of imide groups is 2. The Hall–Kier alpha value is -3.07. The summed E-state index contributed by atoms with van der Waals surface area (Å²) in [5.74, 6) is -1.55. The molecule has 0 radical (unpaired) electrons. The first-order chi connectivity index (χ1) is 12.4. The fourth-order valence-corrected chi connectivity index (χ4v) is 2.80. The Balaban J connectivity index is 1.70. The molecule has 9 nitrogen and oxygen atoms in total. The van der Waals surface area contributed by atoms with Gasteiger partial charge in [0.1, 0.15) is 12.7 Å². The molecule has 1 fully saturated rings. The summed E-state index contributed by atoms with van der Waals surface area (Å²) in [5.41, 5.74) is 1.89. The van der Waals surface area contributed by atoms with Crippen molar-refractivity contribution in [2.45, 2.75) is 19.9 Å². The molecular formula is C17H20N6O3. The molecule has 26 heavy (non-hydrogen) atoms. The lowest BCUT2D eigenvalue weighted by atomic mass is 10.1. The zero-order valence-corrected chi connectivity index (χ0v) is 14.9. The van der Waals surface area contributed by atoms with E-state index in [9.17, 15) is 14.4 Å². The highest BCUT2D eigenvalue weighted by molar-refractivity contribution is 6.44. The number of likely N-dealkylation sites (N-methyl/N-ethyl adjacent to an activating group) is 1. The summed E-state index contributed by atoms with van der Waals surface area (Å²) in [4.78, 5) is 43.7. The van der Waals surface area contributed by atoms with Crippen molar-refractivity contribution < 1.29 is 14.4 Å². The Morgan fingerprint density at radius 1 is 1.08 bits per heavy atom. The van der Waals surface area contributed by atoms with Crippen molar-refractivity contribution in [3.63, 3.8) is 0 Å². The Labute approximate surface area is 150 Å². The van der Waals surface area contributed by atoms with Gasteiger partial charge in [0.15, 0.2) is 0 Å². The highest BCUT2D eigenvalue weighted by Crippen LogP contribution is 2.22. The molecule has 0 unspecified atom stereocenters. The first kappa shape index (κ1) is 17.7. The smallest absolute Gasteiger partial charge is 0.282 e. The van der Waals surface area contributed by atoms with Crippen LogP contribution in [-0.2, 0) is 9.59 Å².